The predicted octanol–water partition coefficient (Wildman–Crippen LogP) is 5.37. The number of nitrogens with zero attached hydrogens (tertiary/aromatic N) is 2. The lowest BCUT2D eigenvalue weighted by Gasteiger charge is -2.34. The van der Waals surface area contributed by atoms with Crippen molar-refractivity contribution in [1.29, 1.82) is 0 Å². The molecular weight excluding hydrogens is 521 g/mol. The number of anilines is 1. The van der Waals surface area contributed by atoms with E-state index < -0.39 is 21.7 Å². The molecule has 39 heavy (non-hydrogen) atoms. The second-order valence-electron chi connectivity index (χ2n) is 11.1. The number of nitrogens with one attached hydrogen (secondary N) is 1. The Morgan fingerprint density at radius 1 is 1.21 bits per heavy atom. The Bertz CT molecular complexity index is 1490. The summed E-state index contributed by atoms with van der Waals surface area (Å²) >= 11 is 0. The normalized spacial score (nSPS) is 16.9. The van der Waals surface area contributed by atoms with E-state index >= 15 is 0 Å². The van der Waals surface area contributed by atoms with Crippen molar-refractivity contribution in [3.05, 3.63) is 66.0 Å². The van der Waals surface area contributed by atoms with Crippen molar-refractivity contribution in [2.75, 3.05) is 18.1 Å². The van der Waals surface area contributed by atoms with Gasteiger partial charge in [-0.05, 0) is 68.5 Å². The van der Waals surface area contributed by atoms with E-state index in [2.05, 4.69) is 11.6 Å². The van der Waals surface area contributed by atoms with E-state index in [9.17, 15) is 22.7 Å². The average molecular weight is 556 g/mol. The number of amides is 1. The third-order valence-electron chi connectivity index (χ3n) is 6.55. The van der Waals surface area contributed by atoms with Gasteiger partial charge in [0.1, 0.15) is 23.1 Å². The molecule has 8 nitrogen and oxygen atoms in total. The molecule has 208 valence electrons. The molecule has 1 aliphatic rings. The highest BCUT2D eigenvalue weighted by Crippen LogP contribution is 2.38. The second-order valence-corrected chi connectivity index (χ2v) is 12.8. The number of aromatic nitrogens is 1. The van der Waals surface area contributed by atoms with Gasteiger partial charge in [0.05, 0.1) is 22.8 Å². The fourth-order valence-corrected chi connectivity index (χ4v) is 5.90. The minimum absolute atomic E-state index is 0.0670. The number of carbonyl (C=O) groups excluding carboxylic acids is 1. The summed E-state index contributed by atoms with van der Waals surface area (Å²) in [6.45, 7) is 11.2. The predicted molar refractivity (Wildman–Crippen MR) is 148 cm³/mol. The lowest BCUT2D eigenvalue weighted by atomic mass is 9.97. The van der Waals surface area contributed by atoms with Crippen LogP contribution in [0.1, 0.15) is 51.4 Å². The van der Waals surface area contributed by atoms with Crippen molar-refractivity contribution in [3.63, 3.8) is 0 Å². The number of carbonyl (C=O) groups is 1. The number of halogens is 1. The van der Waals surface area contributed by atoms with Crippen molar-refractivity contribution in [2.45, 2.75) is 51.5 Å². The van der Waals surface area contributed by atoms with Gasteiger partial charge in [-0.25, -0.2) is 22.5 Å². The molecule has 4 rings (SSSR count). The highest BCUT2D eigenvalue weighted by Gasteiger charge is 2.39. The third-order valence-corrected chi connectivity index (χ3v) is 7.88. The molecule has 2 heterocycles. The Labute approximate surface area is 228 Å². The third kappa shape index (κ3) is 6.50. The van der Waals surface area contributed by atoms with E-state index in [0.29, 0.717) is 41.9 Å². The molecule has 1 aromatic heterocycles. The molecule has 1 saturated heterocycles. The van der Waals surface area contributed by atoms with Crippen LogP contribution in [0.2, 0.25) is 0 Å². The number of pyridine rings is 1. The Balaban J connectivity index is 1.76. The van der Waals surface area contributed by atoms with Gasteiger partial charge in [-0.2, -0.15) is 0 Å². The van der Waals surface area contributed by atoms with E-state index in [0.717, 1.165) is 12.5 Å². The monoisotopic (exact) mass is 555 g/mol. The number of aromatic hydroxyl groups is 1. The van der Waals surface area contributed by atoms with Gasteiger partial charge < -0.3 is 14.7 Å². The number of phenolic OH excluding ortho intramolecular Hbond substituents is 1. The van der Waals surface area contributed by atoms with Crippen LogP contribution in [-0.2, 0) is 10.0 Å². The summed E-state index contributed by atoms with van der Waals surface area (Å²) in [5.74, 6) is -0.337. The average Bonchev–Trinajstić information content (AvgIpc) is 3.13. The first kappa shape index (κ1) is 28.4. The molecule has 0 radical (unpaired) electrons. The first-order valence-corrected chi connectivity index (χ1v) is 14.3. The van der Waals surface area contributed by atoms with Gasteiger partial charge in [0, 0.05) is 29.8 Å². The molecule has 2 aromatic carbocycles. The Morgan fingerprint density at radius 3 is 2.59 bits per heavy atom. The zero-order chi connectivity index (χ0) is 28.5. The van der Waals surface area contributed by atoms with Crippen LogP contribution in [0, 0.1) is 17.7 Å². The van der Waals surface area contributed by atoms with Crippen molar-refractivity contribution in [2.24, 2.45) is 11.8 Å². The van der Waals surface area contributed by atoms with Crippen LogP contribution in [-0.4, -0.2) is 43.1 Å². The van der Waals surface area contributed by atoms with Crippen molar-refractivity contribution in [3.8, 4) is 22.8 Å². The maximum Gasteiger partial charge on any atom is 0.268 e. The number of phenols is 1. The van der Waals surface area contributed by atoms with Crippen molar-refractivity contribution >= 4 is 21.7 Å². The summed E-state index contributed by atoms with van der Waals surface area (Å²) in [5, 5.41) is 9.71. The Kier molecular flexibility index (Phi) is 7.88. The van der Waals surface area contributed by atoms with Crippen LogP contribution >= 0.6 is 0 Å². The summed E-state index contributed by atoms with van der Waals surface area (Å²) in [7, 11) is -4.27. The summed E-state index contributed by atoms with van der Waals surface area (Å²) in [6, 6.07) is 12.5. The van der Waals surface area contributed by atoms with Gasteiger partial charge in [0.25, 0.3) is 15.9 Å². The van der Waals surface area contributed by atoms with Crippen LogP contribution < -0.4 is 14.4 Å². The van der Waals surface area contributed by atoms with Gasteiger partial charge >= 0.3 is 0 Å². The van der Waals surface area contributed by atoms with Crippen LogP contribution in [0.3, 0.4) is 0 Å². The molecule has 2 N–H and O–H groups in total. The quantitative estimate of drug-likeness (QED) is 0.385. The van der Waals surface area contributed by atoms with Crippen molar-refractivity contribution in [1.82, 2.24) is 9.71 Å². The summed E-state index contributed by atoms with van der Waals surface area (Å²) in [4.78, 5) is 19.9. The van der Waals surface area contributed by atoms with Crippen molar-refractivity contribution < 1.29 is 27.4 Å². The minimum Gasteiger partial charge on any atom is -0.508 e. The molecule has 1 aliphatic heterocycles. The maximum absolute atomic E-state index is 14.5. The topological polar surface area (TPSA) is 109 Å². The number of sulfonamides is 1. The summed E-state index contributed by atoms with van der Waals surface area (Å²) in [5.41, 5.74) is 0.593. The van der Waals surface area contributed by atoms with Gasteiger partial charge in [-0.15, -0.1) is 0 Å². The number of rotatable bonds is 8. The first-order chi connectivity index (χ1) is 18.2. The molecule has 0 bridgehead atoms. The lowest BCUT2D eigenvalue weighted by molar-refractivity contribution is 0.0981. The summed E-state index contributed by atoms with van der Waals surface area (Å²) < 4.78 is 48.2. The van der Waals surface area contributed by atoms with Gasteiger partial charge in [0.15, 0.2) is 0 Å². The number of benzene rings is 2. The van der Waals surface area contributed by atoms with Crippen LogP contribution in [0.5, 0.6) is 11.5 Å². The smallest absolute Gasteiger partial charge is 0.268 e. The van der Waals surface area contributed by atoms with Crippen LogP contribution in [0.4, 0.5) is 10.2 Å². The second kappa shape index (κ2) is 10.8. The number of hydrogen-bond donors (Lipinski definition) is 2. The molecule has 0 saturated carbocycles. The lowest BCUT2D eigenvalue weighted by Crippen LogP contribution is -2.41. The van der Waals surface area contributed by atoms with Gasteiger partial charge in [-0.3, -0.25) is 4.79 Å². The molecular formula is C29H34FN3O5S. The van der Waals surface area contributed by atoms with E-state index in [1.54, 1.807) is 12.1 Å². The molecule has 3 aromatic rings. The molecule has 10 heteroatoms. The fraction of sp³-hybridized carbons (Fsp3) is 0.379. The maximum atomic E-state index is 14.5. The SMILES string of the molecule is CC(C)COc1cc(F)cc(-c2ccc(C(=O)NS(=O)(=O)c3cccc(O)c3)c(N3CC(C)CC3(C)C)n2)c1. The number of hydrogen-bond acceptors (Lipinski definition) is 7. The van der Waals surface area contributed by atoms with E-state index in [1.807, 2.05) is 32.6 Å². The Hall–Kier alpha value is -3.66. The summed E-state index contributed by atoms with van der Waals surface area (Å²) in [6.07, 6.45) is 0.842. The van der Waals surface area contributed by atoms with E-state index in [4.69, 9.17) is 9.72 Å². The van der Waals surface area contributed by atoms with Crippen LogP contribution in [0.15, 0.2) is 59.5 Å². The zero-order valence-corrected chi connectivity index (χ0v) is 23.5. The number of ether oxygens (including phenoxy) is 1. The highest BCUT2D eigenvalue weighted by molar-refractivity contribution is 7.90. The molecule has 0 aliphatic carbocycles. The van der Waals surface area contributed by atoms with Gasteiger partial charge in [0.2, 0.25) is 0 Å². The molecule has 1 fully saturated rings. The largest absolute Gasteiger partial charge is 0.508 e. The Morgan fingerprint density at radius 2 is 1.95 bits per heavy atom. The fourth-order valence-electron chi connectivity index (χ4n) is 4.90. The zero-order valence-electron chi connectivity index (χ0n) is 22.7. The molecule has 0 spiro atoms. The standard InChI is InChI=1S/C29H34FN3O5S/c1-18(2)17-38-23-12-20(11-21(30)13-23)26-10-9-25(27(31-26)33-16-19(3)15-29(33,4)5)28(35)32-39(36,37)24-8-6-7-22(34)14-24/h6-14,18-19,34H,15-17H2,1-5H3,(H,32,35). The van der Waals surface area contributed by atoms with E-state index in [-0.39, 0.29) is 27.7 Å². The molecule has 1 atom stereocenters. The first-order valence-electron chi connectivity index (χ1n) is 12.8. The highest BCUT2D eigenvalue weighted by atomic mass is 32.2. The van der Waals surface area contributed by atoms with Crippen LogP contribution in [0.25, 0.3) is 11.3 Å². The molecule has 1 amide bonds. The van der Waals surface area contributed by atoms with E-state index in [1.165, 1.54) is 36.4 Å². The molecule has 1 unspecified atom stereocenters. The van der Waals surface area contributed by atoms with Gasteiger partial charge in [-0.1, -0.05) is 26.8 Å². The minimum atomic E-state index is -4.27.